The molecule has 0 saturated heterocycles. The minimum Gasteiger partial charge on any atom is -0.487 e. The smallest absolute Gasteiger partial charge is 0.123 e. The number of aliphatic hydroxyl groups excluding tert-OH is 1. The lowest BCUT2D eigenvalue weighted by Crippen LogP contribution is -2.24. The normalized spacial score (nSPS) is 17.4. The van der Waals surface area contributed by atoms with Crippen molar-refractivity contribution in [2.24, 2.45) is 0 Å². The third kappa shape index (κ3) is 2.69. The average molecular weight is 380 g/mol. The molecule has 0 bridgehead atoms. The van der Waals surface area contributed by atoms with Gasteiger partial charge in [-0.3, -0.25) is 0 Å². The molecule has 2 aromatic rings. The zero-order chi connectivity index (χ0) is 14.3. The van der Waals surface area contributed by atoms with Crippen LogP contribution in [-0.4, -0.2) is 10.7 Å². The van der Waals surface area contributed by atoms with Crippen LogP contribution in [0.5, 0.6) is 5.75 Å². The Balaban J connectivity index is 1.93. The Hall–Kier alpha value is -1.07. The standard InChI is InChI=1S/C17H17IO2/c1-17(2)10-13-8-12(6-7-15(13)20-17)16(19)11-4-3-5-14(18)9-11/h3-9,16,19H,10H2,1-2H3. The van der Waals surface area contributed by atoms with Crippen LogP contribution in [0.4, 0.5) is 0 Å². The molecule has 0 radical (unpaired) electrons. The molecule has 1 heterocycles. The van der Waals surface area contributed by atoms with Crippen LogP contribution in [0.2, 0.25) is 0 Å². The molecular formula is C17H17IO2. The molecule has 104 valence electrons. The van der Waals surface area contributed by atoms with Gasteiger partial charge in [-0.1, -0.05) is 18.2 Å². The van der Waals surface area contributed by atoms with E-state index in [4.69, 9.17) is 4.74 Å². The van der Waals surface area contributed by atoms with Crippen molar-refractivity contribution < 1.29 is 9.84 Å². The summed E-state index contributed by atoms with van der Waals surface area (Å²) in [5, 5.41) is 10.5. The summed E-state index contributed by atoms with van der Waals surface area (Å²) < 4.78 is 7.00. The summed E-state index contributed by atoms with van der Waals surface area (Å²) in [6.07, 6.45) is 0.300. The van der Waals surface area contributed by atoms with E-state index in [1.54, 1.807) is 0 Å². The highest BCUT2D eigenvalue weighted by atomic mass is 127. The molecule has 0 aromatic heterocycles. The maximum atomic E-state index is 10.5. The van der Waals surface area contributed by atoms with E-state index in [-0.39, 0.29) is 5.60 Å². The predicted octanol–water partition coefficient (Wildman–Crippen LogP) is 4.09. The van der Waals surface area contributed by atoms with Crippen LogP contribution < -0.4 is 4.74 Å². The Labute approximate surface area is 132 Å². The Bertz CT molecular complexity index is 649. The van der Waals surface area contributed by atoms with E-state index in [2.05, 4.69) is 42.5 Å². The van der Waals surface area contributed by atoms with Gasteiger partial charge in [0.2, 0.25) is 0 Å². The lowest BCUT2D eigenvalue weighted by atomic mass is 9.96. The zero-order valence-electron chi connectivity index (χ0n) is 11.6. The molecule has 0 fully saturated rings. The fourth-order valence-corrected chi connectivity index (χ4v) is 3.24. The van der Waals surface area contributed by atoms with Crippen LogP contribution in [-0.2, 0) is 6.42 Å². The second-order valence-electron chi connectivity index (χ2n) is 5.86. The topological polar surface area (TPSA) is 29.5 Å². The first-order valence-corrected chi connectivity index (χ1v) is 7.78. The van der Waals surface area contributed by atoms with E-state index in [1.807, 2.05) is 36.4 Å². The minimum absolute atomic E-state index is 0.145. The highest BCUT2D eigenvalue weighted by Gasteiger charge is 2.30. The molecule has 3 rings (SSSR count). The Morgan fingerprint density at radius 3 is 2.65 bits per heavy atom. The highest BCUT2D eigenvalue weighted by molar-refractivity contribution is 14.1. The number of hydrogen-bond acceptors (Lipinski definition) is 2. The van der Waals surface area contributed by atoms with E-state index in [0.717, 1.165) is 26.9 Å². The van der Waals surface area contributed by atoms with Gasteiger partial charge in [0.05, 0.1) is 0 Å². The first-order chi connectivity index (χ1) is 9.44. The number of halogens is 1. The number of hydrogen-bond donors (Lipinski definition) is 1. The van der Waals surface area contributed by atoms with Crippen molar-refractivity contribution in [1.82, 2.24) is 0 Å². The van der Waals surface area contributed by atoms with Gasteiger partial charge in [0.25, 0.3) is 0 Å². The molecule has 2 aromatic carbocycles. The molecule has 1 N–H and O–H groups in total. The summed E-state index contributed by atoms with van der Waals surface area (Å²) in [5.74, 6) is 0.939. The number of ether oxygens (including phenoxy) is 1. The third-order valence-corrected chi connectivity index (χ3v) is 4.24. The summed E-state index contributed by atoms with van der Waals surface area (Å²) >= 11 is 2.26. The summed E-state index contributed by atoms with van der Waals surface area (Å²) in [5.41, 5.74) is 2.88. The maximum Gasteiger partial charge on any atom is 0.123 e. The van der Waals surface area contributed by atoms with Crippen LogP contribution in [0.3, 0.4) is 0 Å². The van der Waals surface area contributed by atoms with Gasteiger partial charge in [-0.15, -0.1) is 0 Å². The van der Waals surface area contributed by atoms with E-state index < -0.39 is 6.10 Å². The number of aliphatic hydroxyl groups is 1. The summed E-state index contributed by atoms with van der Waals surface area (Å²) in [7, 11) is 0. The molecule has 3 heteroatoms. The second-order valence-corrected chi connectivity index (χ2v) is 7.11. The van der Waals surface area contributed by atoms with Gasteiger partial charge >= 0.3 is 0 Å². The molecule has 1 aliphatic heterocycles. The third-order valence-electron chi connectivity index (χ3n) is 3.57. The molecule has 2 nitrogen and oxygen atoms in total. The Kier molecular flexibility index (Phi) is 3.50. The lowest BCUT2D eigenvalue weighted by Gasteiger charge is -2.16. The zero-order valence-corrected chi connectivity index (χ0v) is 13.7. The highest BCUT2D eigenvalue weighted by Crippen LogP contribution is 2.37. The molecule has 1 atom stereocenters. The van der Waals surface area contributed by atoms with Crippen molar-refractivity contribution in [3.8, 4) is 5.75 Å². The van der Waals surface area contributed by atoms with Gasteiger partial charge in [-0.2, -0.15) is 0 Å². The van der Waals surface area contributed by atoms with Gasteiger partial charge < -0.3 is 9.84 Å². The number of benzene rings is 2. The molecule has 0 aliphatic carbocycles. The first kappa shape index (κ1) is 13.9. The summed E-state index contributed by atoms with van der Waals surface area (Å²) in [6.45, 7) is 4.17. The van der Waals surface area contributed by atoms with E-state index in [9.17, 15) is 5.11 Å². The Morgan fingerprint density at radius 2 is 1.90 bits per heavy atom. The van der Waals surface area contributed by atoms with Crippen molar-refractivity contribution in [1.29, 1.82) is 0 Å². The van der Waals surface area contributed by atoms with E-state index >= 15 is 0 Å². The average Bonchev–Trinajstić information content (AvgIpc) is 2.70. The second kappa shape index (κ2) is 5.04. The van der Waals surface area contributed by atoms with Crippen LogP contribution in [0.15, 0.2) is 42.5 Å². The SMILES string of the molecule is CC1(C)Cc2cc(C(O)c3cccc(I)c3)ccc2O1. The van der Waals surface area contributed by atoms with E-state index in [1.165, 1.54) is 5.56 Å². The molecule has 20 heavy (non-hydrogen) atoms. The van der Waals surface area contributed by atoms with Crippen molar-refractivity contribution in [3.63, 3.8) is 0 Å². The lowest BCUT2D eigenvalue weighted by molar-refractivity contribution is 0.138. The predicted molar refractivity (Wildman–Crippen MR) is 88.1 cm³/mol. The van der Waals surface area contributed by atoms with Gasteiger partial charge in [0.1, 0.15) is 17.5 Å². The molecule has 0 spiro atoms. The largest absolute Gasteiger partial charge is 0.487 e. The fourth-order valence-electron chi connectivity index (χ4n) is 2.67. The monoisotopic (exact) mass is 380 g/mol. The number of fused-ring (bicyclic) bond motifs is 1. The van der Waals surface area contributed by atoms with Gasteiger partial charge in [-0.25, -0.2) is 0 Å². The van der Waals surface area contributed by atoms with Crippen molar-refractivity contribution in [2.45, 2.75) is 32.0 Å². The van der Waals surface area contributed by atoms with Crippen molar-refractivity contribution in [2.75, 3.05) is 0 Å². The van der Waals surface area contributed by atoms with Gasteiger partial charge in [0.15, 0.2) is 0 Å². The summed E-state index contributed by atoms with van der Waals surface area (Å²) in [6, 6.07) is 13.9. The van der Waals surface area contributed by atoms with Crippen molar-refractivity contribution in [3.05, 3.63) is 62.7 Å². The molecule has 0 amide bonds. The molecule has 0 saturated carbocycles. The van der Waals surface area contributed by atoms with Gasteiger partial charge in [0, 0.05) is 9.99 Å². The van der Waals surface area contributed by atoms with E-state index in [0.29, 0.717) is 0 Å². The van der Waals surface area contributed by atoms with Crippen molar-refractivity contribution >= 4 is 22.6 Å². The van der Waals surface area contributed by atoms with Crippen LogP contribution in [0.25, 0.3) is 0 Å². The quantitative estimate of drug-likeness (QED) is 0.796. The summed E-state index contributed by atoms with van der Waals surface area (Å²) in [4.78, 5) is 0. The van der Waals surface area contributed by atoms with Crippen LogP contribution in [0, 0.1) is 3.57 Å². The first-order valence-electron chi connectivity index (χ1n) is 6.70. The molecule has 1 unspecified atom stereocenters. The fraction of sp³-hybridized carbons (Fsp3) is 0.294. The van der Waals surface area contributed by atoms with Gasteiger partial charge in [-0.05, 0) is 77.4 Å². The number of rotatable bonds is 2. The minimum atomic E-state index is -0.585. The van der Waals surface area contributed by atoms with Crippen LogP contribution >= 0.6 is 22.6 Å². The van der Waals surface area contributed by atoms with Crippen LogP contribution in [0.1, 0.15) is 36.6 Å². The molecule has 1 aliphatic rings. The maximum absolute atomic E-state index is 10.5. The Morgan fingerprint density at radius 1 is 1.15 bits per heavy atom. The molecular weight excluding hydrogens is 363 g/mol.